The minimum atomic E-state index is -0.0396. The van der Waals surface area contributed by atoms with Crippen LogP contribution in [0, 0.1) is 5.92 Å². The van der Waals surface area contributed by atoms with Gasteiger partial charge in [0.2, 0.25) is 0 Å². The molecule has 0 bridgehead atoms. The summed E-state index contributed by atoms with van der Waals surface area (Å²) in [6.45, 7) is 6.29. The van der Waals surface area contributed by atoms with Crippen molar-refractivity contribution in [3.63, 3.8) is 0 Å². The Morgan fingerprint density at radius 3 is 3.08 bits per heavy atom. The zero-order chi connectivity index (χ0) is 17.7. The summed E-state index contributed by atoms with van der Waals surface area (Å²) in [6.07, 6.45) is 4.72. The summed E-state index contributed by atoms with van der Waals surface area (Å²) in [5, 5.41) is 6.61. The average Bonchev–Trinajstić information content (AvgIpc) is 3.09. The van der Waals surface area contributed by atoms with Gasteiger partial charge in [-0.2, -0.15) is 9.50 Å². The van der Waals surface area contributed by atoms with Crippen molar-refractivity contribution in [3.05, 3.63) is 27.9 Å². The molecule has 0 spiro atoms. The number of hydrogen-bond acceptors (Lipinski definition) is 6. The molecule has 2 N–H and O–H groups in total. The van der Waals surface area contributed by atoms with Crippen molar-refractivity contribution in [1.82, 2.24) is 24.9 Å². The Morgan fingerprint density at radius 1 is 1.38 bits per heavy atom. The summed E-state index contributed by atoms with van der Waals surface area (Å²) in [4.78, 5) is 24.8. The predicted octanol–water partition coefficient (Wildman–Crippen LogP) is 0.582. The summed E-state index contributed by atoms with van der Waals surface area (Å²) in [7, 11) is 0. The maximum absolute atomic E-state index is 13.3. The van der Waals surface area contributed by atoms with Gasteiger partial charge in [0.1, 0.15) is 5.69 Å². The van der Waals surface area contributed by atoms with Crippen molar-refractivity contribution in [2.24, 2.45) is 5.92 Å². The van der Waals surface area contributed by atoms with Gasteiger partial charge in [-0.05, 0) is 37.3 Å². The van der Waals surface area contributed by atoms with E-state index in [4.69, 9.17) is 9.72 Å². The quantitative estimate of drug-likeness (QED) is 0.837. The third-order valence-electron chi connectivity index (χ3n) is 5.85. The summed E-state index contributed by atoms with van der Waals surface area (Å²) < 4.78 is 6.87. The summed E-state index contributed by atoms with van der Waals surface area (Å²) >= 11 is 0. The highest BCUT2D eigenvalue weighted by Crippen LogP contribution is 2.34. The third-order valence-corrected chi connectivity index (χ3v) is 5.85. The van der Waals surface area contributed by atoms with Crippen molar-refractivity contribution in [2.75, 3.05) is 37.7 Å². The molecule has 8 heteroatoms. The number of nitrogens with zero attached hydrogens (tertiary/aromatic N) is 4. The van der Waals surface area contributed by atoms with E-state index in [1.54, 1.807) is 0 Å². The molecule has 5 heterocycles. The largest absolute Gasteiger partial charge is 0.377 e. The van der Waals surface area contributed by atoms with Crippen LogP contribution in [0.1, 0.15) is 31.3 Å². The van der Waals surface area contributed by atoms with Crippen LogP contribution in [-0.4, -0.2) is 58.5 Å². The lowest BCUT2D eigenvalue weighted by molar-refractivity contribution is 0.161. The van der Waals surface area contributed by atoms with Crippen molar-refractivity contribution in [2.45, 2.75) is 32.2 Å². The fourth-order valence-corrected chi connectivity index (χ4v) is 4.35. The molecule has 0 radical (unpaired) electrons. The number of nitrogens with one attached hydrogen (secondary N) is 2. The van der Waals surface area contributed by atoms with Crippen molar-refractivity contribution < 1.29 is 4.74 Å². The maximum Gasteiger partial charge on any atom is 0.297 e. The second-order valence-electron chi connectivity index (χ2n) is 7.30. The van der Waals surface area contributed by atoms with Crippen LogP contribution in [0.25, 0.3) is 11.4 Å². The molecule has 2 saturated heterocycles. The highest BCUT2D eigenvalue weighted by atomic mass is 16.5. The number of fused-ring (bicyclic) bond motifs is 2. The fraction of sp³-hybridized carbons (Fsp3) is 0.611. The number of H-pyrrole nitrogens is 1. The normalized spacial score (nSPS) is 25.7. The molecule has 0 aromatic carbocycles. The van der Waals surface area contributed by atoms with E-state index in [9.17, 15) is 4.79 Å². The Hall–Kier alpha value is -2.19. The van der Waals surface area contributed by atoms with Crippen LogP contribution in [0.4, 0.5) is 5.69 Å². The molecule has 2 aromatic rings. The van der Waals surface area contributed by atoms with Crippen LogP contribution in [0.5, 0.6) is 0 Å². The first-order chi connectivity index (χ1) is 12.8. The topological polar surface area (TPSA) is 87.5 Å². The second-order valence-corrected chi connectivity index (χ2v) is 7.30. The number of rotatable bonds is 3. The monoisotopic (exact) mass is 356 g/mol. The van der Waals surface area contributed by atoms with Crippen molar-refractivity contribution in [3.8, 4) is 0 Å². The molecule has 2 fully saturated rings. The van der Waals surface area contributed by atoms with E-state index in [1.807, 2.05) is 13.0 Å². The zero-order valence-corrected chi connectivity index (χ0v) is 15.0. The third kappa shape index (κ3) is 2.39. The van der Waals surface area contributed by atoms with E-state index in [0.29, 0.717) is 31.0 Å². The van der Waals surface area contributed by atoms with Gasteiger partial charge in [-0.1, -0.05) is 13.0 Å². The first-order valence-corrected chi connectivity index (χ1v) is 9.52. The number of piperidine rings is 1. The van der Waals surface area contributed by atoms with Gasteiger partial charge in [-0.15, -0.1) is 0 Å². The van der Waals surface area contributed by atoms with E-state index in [2.05, 4.69) is 20.3 Å². The minimum Gasteiger partial charge on any atom is -0.377 e. The Kier molecular flexibility index (Phi) is 3.82. The Morgan fingerprint density at radius 2 is 2.31 bits per heavy atom. The average molecular weight is 356 g/mol. The van der Waals surface area contributed by atoms with Crippen molar-refractivity contribution in [1.29, 1.82) is 0 Å². The molecule has 2 aromatic heterocycles. The fourth-order valence-electron chi connectivity index (χ4n) is 4.35. The van der Waals surface area contributed by atoms with Crippen LogP contribution in [0.15, 0.2) is 10.9 Å². The van der Waals surface area contributed by atoms with Gasteiger partial charge in [0.15, 0.2) is 5.82 Å². The second kappa shape index (κ2) is 6.21. The highest BCUT2D eigenvalue weighted by Gasteiger charge is 2.42. The smallest absolute Gasteiger partial charge is 0.297 e. The molecular weight excluding hydrogens is 332 g/mol. The molecule has 3 aliphatic rings. The van der Waals surface area contributed by atoms with Gasteiger partial charge < -0.3 is 15.0 Å². The lowest BCUT2D eigenvalue weighted by Gasteiger charge is -2.52. The summed E-state index contributed by atoms with van der Waals surface area (Å²) in [5.41, 5.74) is 2.63. The molecule has 3 aliphatic heterocycles. The van der Waals surface area contributed by atoms with Gasteiger partial charge in [0.25, 0.3) is 11.3 Å². The number of hydrogen-bond donors (Lipinski definition) is 2. The highest BCUT2D eigenvalue weighted by molar-refractivity contribution is 5.63. The maximum atomic E-state index is 13.3. The molecule has 0 amide bonds. The van der Waals surface area contributed by atoms with E-state index in [-0.39, 0.29) is 5.56 Å². The van der Waals surface area contributed by atoms with Gasteiger partial charge in [0.05, 0.1) is 18.9 Å². The summed E-state index contributed by atoms with van der Waals surface area (Å²) in [5.74, 6) is 1.86. The minimum absolute atomic E-state index is 0.0396. The van der Waals surface area contributed by atoms with Crippen LogP contribution in [0.3, 0.4) is 0 Å². The first-order valence-electron chi connectivity index (χ1n) is 9.52. The molecule has 138 valence electrons. The van der Waals surface area contributed by atoms with E-state index in [0.717, 1.165) is 55.3 Å². The molecular formula is C18H24N6O2. The lowest BCUT2D eigenvalue weighted by atomic mass is 9.82. The van der Waals surface area contributed by atoms with Crippen LogP contribution in [0.2, 0.25) is 0 Å². The van der Waals surface area contributed by atoms with E-state index >= 15 is 0 Å². The van der Waals surface area contributed by atoms with Gasteiger partial charge in [-0.3, -0.25) is 9.89 Å². The summed E-state index contributed by atoms with van der Waals surface area (Å²) in [6, 6.07) is 0.405. The molecule has 0 aliphatic carbocycles. The predicted molar refractivity (Wildman–Crippen MR) is 98.5 cm³/mol. The zero-order valence-electron chi connectivity index (χ0n) is 15.0. The molecule has 8 nitrogen and oxygen atoms in total. The molecule has 5 rings (SSSR count). The van der Waals surface area contributed by atoms with Crippen LogP contribution < -0.4 is 15.8 Å². The molecule has 2 unspecified atom stereocenters. The number of aromatic amines is 1. The molecule has 2 atom stereocenters. The molecule has 26 heavy (non-hydrogen) atoms. The van der Waals surface area contributed by atoms with Gasteiger partial charge in [0, 0.05) is 19.1 Å². The number of aryl methyl sites for hydroxylation is 1. The number of ether oxygens (including phenoxy) is 1. The van der Waals surface area contributed by atoms with Crippen LogP contribution >= 0.6 is 0 Å². The SMILES string of the molecule is CCc1nc2nc(C3=CCOCC3)[nH]n2c(=O)c1N1CC2CCNCC21. The van der Waals surface area contributed by atoms with Gasteiger partial charge >= 0.3 is 0 Å². The van der Waals surface area contributed by atoms with E-state index < -0.39 is 0 Å². The Balaban J connectivity index is 1.59. The Labute approximate surface area is 151 Å². The molecule has 0 saturated carbocycles. The van der Waals surface area contributed by atoms with Crippen LogP contribution in [-0.2, 0) is 11.2 Å². The van der Waals surface area contributed by atoms with Crippen molar-refractivity contribution >= 4 is 17.0 Å². The lowest BCUT2D eigenvalue weighted by Crippen LogP contribution is -2.65. The van der Waals surface area contributed by atoms with E-state index in [1.165, 1.54) is 10.9 Å². The number of aromatic nitrogens is 4. The standard InChI is InChI=1S/C18H24N6O2/c1-2-13-15(23-10-12-3-6-19-9-14(12)23)17(25)24-18(20-13)21-16(22-24)11-4-7-26-8-5-11/h4,12,14,19H,2-3,5-10H2,1H3,(H,20,21,22). The van der Waals surface area contributed by atoms with Gasteiger partial charge in [-0.25, -0.2) is 4.98 Å². The first kappa shape index (κ1) is 16.0. The Bertz CT molecular complexity index is 930. The number of anilines is 1.